The van der Waals surface area contributed by atoms with Gasteiger partial charge in [0.15, 0.2) is 5.78 Å². The number of hydroxylamine groups is 1. The number of hydrogen-bond acceptors (Lipinski definition) is 4. The van der Waals surface area contributed by atoms with Crippen molar-refractivity contribution in [3.05, 3.63) is 65.2 Å². The van der Waals surface area contributed by atoms with Crippen molar-refractivity contribution >= 4 is 40.0 Å². The van der Waals surface area contributed by atoms with Crippen LogP contribution in [-0.4, -0.2) is 26.1 Å². The summed E-state index contributed by atoms with van der Waals surface area (Å²) >= 11 is 1.91. The quantitative estimate of drug-likeness (QED) is 0.254. The van der Waals surface area contributed by atoms with Gasteiger partial charge in [-0.05, 0) is 30.7 Å². The van der Waals surface area contributed by atoms with E-state index in [9.17, 15) is 19.9 Å². The van der Waals surface area contributed by atoms with E-state index in [2.05, 4.69) is 0 Å². The van der Waals surface area contributed by atoms with Crippen LogP contribution in [0.5, 0.6) is 0 Å². The molecular weight excluding hydrogens is 409 g/mol. The summed E-state index contributed by atoms with van der Waals surface area (Å²) in [5.74, 6) is -0.911. The molecule has 120 valence electrons. The van der Waals surface area contributed by atoms with Gasteiger partial charge >= 0.3 is 0 Å². The van der Waals surface area contributed by atoms with Crippen LogP contribution in [0.1, 0.15) is 33.2 Å². The molecule has 0 aliphatic rings. The van der Waals surface area contributed by atoms with Gasteiger partial charge in [-0.3, -0.25) is 14.8 Å². The van der Waals surface area contributed by atoms with E-state index in [4.69, 9.17) is 0 Å². The predicted molar refractivity (Wildman–Crippen MR) is 95.2 cm³/mol. The van der Waals surface area contributed by atoms with Gasteiger partial charge in [0.25, 0.3) is 5.91 Å². The van der Waals surface area contributed by atoms with Crippen LogP contribution in [0.15, 0.2) is 48.5 Å². The van der Waals surface area contributed by atoms with Crippen LogP contribution in [0.25, 0.3) is 0 Å². The Labute approximate surface area is 147 Å². The number of hydrogen-bond donors (Lipinski definition) is 2. The third kappa shape index (κ3) is 4.37. The van der Waals surface area contributed by atoms with Gasteiger partial charge in [0, 0.05) is 12.0 Å². The molecule has 1 unspecified atom stereocenters. The first kappa shape index (κ1) is 17.6. The van der Waals surface area contributed by atoms with Crippen LogP contribution < -0.4 is 5.06 Å². The van der Waals surface area contributed by atoms with Crippen LogP contribution in [0, 0.1) is 0 Å². The van der Waals surface area contributed by atoms with Gasteiger partial charge in [0.05, 0.1) is 11.3 Å². The molecule has 0 saturated carbocycles. The van der Waals surface area contributed by atoms with Gasteiger partial charge in [0.2, 0.25) is 0 Å². The molecule has 0 bridgehead atoms. The summed E-state index contributed by atoms with van der Waals surface area (Å²) < 4.78 is -0.493. The first-order valence-electron chi connectivity index (χ1n) is 6.94. The molecule has 0 fully saturated rings. The number of anilines is 1. The number of aliphatic hydroxyl groups is 1. The molecule has 0 saturated heterocycles. The first-order chi connectivity index (χ1) is 10.9. The van der Waals surface area contributed by atoms with E-state index in [1.54, 1.807) is 42.5 Å². The number of aliphatic hydroxyl groups excluding tert-OH is 1. The highest BCUT2D eigenvalue weighted by atomic mass is 127. The summed E-state index contributed by atoms with van der Waals surface area (Å²) in [7, 11) is 0. The van der Waals surface area contributed by atoms with Gasteiger partial charge in [-0.15, -0.1) is 0 Å². The number of ketones is 1. The topological polar surface area (TPSA) is 77.8 Å². The summed E-state index contributed by atoms with van der Waals surface area (Å²) in [6, 6.07) is 13.0. The normalized spacial score (nSPS) is 11.8. The van der Waals surface area contributed by atoms with Crippen molar-refractivity contribution in [1.82, 2.24) is 0 Å². The Balaban J connectivity index is 2.25. The molecule has 5 nitrogen and oxygen atoms in total. The van der Waals surface area contributed by atoms with Crippen LogP contribution in [-0.2, 0) is 6.42 Å². The number of benzene rings is 2. The second kappa shape index (κ2) is 7.67. The molecule has 2 rings (SSSR count). The van der Waals surface area contributed by atoms with Gasteiger partial charge in [-0.1, -0.05) is 52.9 Å². The fourth-order valence-electron chi connectivity index (χ4n) is 2.18. The van der Waals surface area contributed by atoms with E-state index >= 15 is 0 Å². The lowest BCUT2D eigenvalue weighted by molar-refractivity contribution is 0.0848. The Kier molecular flexibility index (Phi) is 5.86. The number of rotatable bonds is 5. The summed E-state index contributed by atoms with van der Waals surface area (Å²) in [6.45, 7) is 1.37. The fraction of sp³-hybridized carbons (Fsp3) is 0.176. The van der Waals surface area contributed by atoms with Crippen molar-refractivity contribution in [3.8, 4) is 0 Å². The molecule has 0 spiro atoms. The molecule has 0 aliphatic carbocycles. The lowest BCUT2D eigenvalue weighted by atomic mass is 10.0. The zero-order chi connectivity index (χ0) is 17.0. The van der Waals surface area contributed by atoms with Crippen molar-refractivity contribution in [3.63, 3.8) is 0 Å². The van der Waals surface area contributed by atoms with Crippen LogP contribution >= 0.6 is 22.6 Å². The molecule has 0 radical (unpaired) electrons. The molecule has 6 heteroatoms. The molecular formula is C17H16INO4. The van der Waals surface area contributed by atoms with Crippen molar-refractivity contribution in [1.29, 1.82) is 0 Å². The molecule has 0 aliphatic heterocycles. The van der Waals surface area contributed by atoms with Crippen molar-refractivity contribution < 1.29 is 19.9 Å². The van der Waals surface area contributed by atoms with Gasteiger partial charge in [0.1, 0.15) is 4.11 Å². The number of halogens is 1. The van der Waals surface area contributed by atoms with Gasteiger partial charge in [-0.2, -0.15) is 5.06 Å². The molecule has 2 aromatic carbocycles. The highest BCUT2D eigenvalue weighted by molar-refractivity contribution is 14.1. The Morgan fingerprint density at radius 3 is 2.17 bits per heavy atom. The highest BCUT2D eigenvalue weighted by Crippen LogP contribution is 2.19. The number of Topliss-reactive ketones (excluding diaryl/α,β-unsaturated/α-hetero) is 1. The Morgan fingerprint density at radius 2 is 1.65 bits per heavy atom. The number of alkyl halides is 1. The zero-order valence-corrected chi connectivity index (χ0v) is 14.6. The summed E-state index contributed by atoms with van der Waals surface area (Å²) in [4.78, 5) is 24.0. The molecule has 2 N–H and O–H groups in total. The summed E-state index contributed by atoms with van der Waals surface area (Å²) in [5, 5.41) is 20.0. The number of carbonyl (C=O) groups excluding carboxylic acids is 2. The smallest absolute Gasteiger partial charge is 0.282 e. The monoisotopic (exact) mass is 425 g/mol. The minimum Gasteiger partial charge on any atom is -0.382 e. The van der Waals surface area contributed by atoms with Crippen LogP contribution in [0.2, 0.25) is 0 Å². The third-order valence-electron chi connectivity index (χ3n) is 3.31. The number of nitrogens with zero attached hydrogens (tertiary/aromatic N) is 1. The van der Waals surface area contributed by atoms with Gasteiger partial charge < -0.3 is 5.11 Å². The van der Waals surface area contributed by atoms with E-state index in [0.717, 1.165) is 5.56 Å². The Bertz CT molecular complexity index is 713. The molecule has 2 aromatic rings. The largest absolute Gasteiger partial charge is 0.382 e. The molecule has 0 aromatic heterocycles. The van der Waals surface area contributed by atoms with Crippen LogP contribution in [0.3, 0.4) is 0 Å². The average Bonchev–Trinajstić information content (AvgIpc) is 2.53. The lowest BCUT2D eigenvalue weighted by Crippen LogP contribution is -2.28. The van der Waals surface area contributed by atoms with E-state index in [1.165, 1.54) is 13.0 Å². The maximum Gasteiger partial charge on any atom is 0.282 e. The SMILES string of the molecule is CC(=O)c1ccccc1C(=O)N(O)c1ccc(CC(O)I)cc1. The second-order valence-corrected chi connectivity index (χ2v) is 6.46. The highest BCUT2D eigenvalue weighted by Gasteiger charge is 2.20. The minimum absolute atomic E-state index is 0.147. The van der Waals surface area contributed by atoms with Crippen LogP contribution in [0.4, 0.5) is 5.69 Å². The zero-order valence-electron chi connectivity index (χ0n) is 12.4. The predicted octanol–water partition coefficient (Wildman–Crippen LogP) is 3.22. The Hall–Kier alpha value is -1.77. The summed E-state index contributed by atoms with van der Waals surface area (Å²) in [6.07, 6.45) is 0.480. The molecule has 1 amide bonds. The Morgan fingerprint density at radius 1 is 1.09 bits per heavy atom. The van der Waals surface area contributed by atoms with E-state index in [-0.39, 0.29) is 16.9 Å². The first-order valence-corrected chi connectivity index (χ1v) is 8.19. The van der Waals surface area contributed by atoms with Crippen molar-refractivity contribution in [2.45, 2.75) is 17.5 Å². The number of amides is 1. The fourth-order valence-corrected chi connectivity index (χ4v) is 2.68. The number of carbonyl (C=O) groups is 2. The maximum absolute atomic E-state index is 12.4. The maximum atomic E-state index is 12.4. The molecule has 23 heavy (non-hydrogen) atoms. The van der Waals surface area contributed by atoms with Gasteiger partial charge in [-0.25, -0.2) is 0 Å². The van der Waals surface area contributed by atoms with E-state index in [0.29, 0.717) is 17.2 Å². The minimum atomic E-state index is -0.669. The van der Waals surface area contributed by atoms with E-state index in [1.807, 2.05) is 22.6 Å². The molecule has 1 atom stereocenters. The van der Waals surface area contributed by atoms with Crippen molar-refractivity contribution in [2.24, 2.45) is 0 Å². The average molecular weight is 425 g/mol. The molecule has 0 heterocycles. The van der Waals surface area contributed by atoms with E-state index < -0.39 is 10.0 Å². The lowest BCUT2D eigenvalue weighted by Gasteiger charge is -2.17. The second-order valence-electron chi connectivity index (χ2n) is 5.02. The van der Waals surface area contributed by atoms with Crippen molar-refractivity contribution in [2.75, 3.05) is 5.06 Å². The third-order valence-corrected chi connectivity index (χ3v) is 3.75. The summed E-state index contributed by atoms with van der Waals surface area (Å²) in [5.41, 5.74) is 1.59. The standard InChI is InChI=1S/C17H16INO4/c1-11(20)14-4-2-3-5-15(14)17(22)19(23)13-8-6-12(7-9-13)10-16(18)21/h2-9,16,21,23H,10H2,1H3.